The number of pyridine rings is 1. The number of fused-ring (bicyclic) bond motifs is 1. The molecule has 2 heterocycles. The van der Waals surface area contributed by atoms with Crippen LogP contribution in [0.25, 0.3) is 10.9 Å². The number of aromatic nitrogens is 1. The molecular weight excluding hydrogens is 693 g/mol. The maximum absolute atomic E-state index is 14.4. The predicted octanol–water partition coefficient (Wildman–Crippen LogP) is 5.13. The number of hydrogen-bond donors (Lipinski definition) is 3. The van der Waals surface area contributed by atoms with Gasteiger partial charge in [-0.05, 0) is 58.7 Å². The Kier molecular flexibility index (Phi) is 12.5. The van der Waals surface area contributed by atoms with E-state index >= 15 is 0 Å². The second-order valence-electron chi connectivity index (χ2n) is 15.1. The van der Waals surface area contributed by atoms with Gasteiger partial charge in [0.25, 0.3) is 0 Å². The molecule has 3 N–H and O–H groups in total. The highest BCUT2D eigenvalue weighted by Crippen LogP contribution is 2.29. The molecule has 0 saturated carbocycles. The number of hydrogen-bond acceptors (Lipinski definition) is 8. The molecule has 0 radical (unpaired) electrons. The van der Waals surface area contributed by atoms with Gasteiger partial charge in [-0.15, -0.1) is 0 Å². The molecule has 1 aromatic heterocycles. The molecular formula is C40H50N6O6S. The minimum Gasteiger partial charge on any atom is -0.411 e. The van der Waals surface area contributed by atoms with Gasteiger partial charge in [-0.1, -0.05) is 100 Å². The number of nitrogens with zero attached hydrogens (tertiary/aromatic N) is 5. The van der Waals surface area contributed by atoms with Crippen LogP contribution in [-0.4, -0.2) is 100 Å². The van der Waals surface area contributed by atoms with Gasteiger partial charge < -0.3 is 25.4 Å². The number of carbonyl (C=O) groups excluding carboxylic acids is 2. The number of sulfonamides is 1. The van der Waals surface area contributed by atoms with E-state index in [2.05, 4.69) is 15.5 Å². The third-order valence-corrected chi connectivity index (χ3v) is 11.2. The summed E-state index contributed by atoms with van der Waals surface area (Å²) in [7, 11) is -4.07. The fourth-order valence-corrected chi connectivity index (χ4v) is 8.41. The quantitative estimate of drug-likeness (QED) is 0.0867. The summed E-state index contributed by atoms with van der Waals surface area (Å²) in [6.07, 6.45) is 1.86. The van der Waals surface area contributed by atoms with Crippen molar-refractivity contribution in [2.45, 2.75) is 70.7 Å². The Balaban J connectivity index is 1.38. The molecule has 3 amide bonds. The number of urea groups is 1. The van der Waals surface area contributed by atoms with Crippen LogP contribution < -0.4 is 5.32 Å². The molecule has 1 saturated heterocycles. The highest BCUT2D eigenvalue weighted by Gasteiger charge is 2.44. The summed E-state index contributed by atoms with van der Waals surface area (Å²) < 4.78 is 29.1. The summed E-state index contributed by atoms with van der Waals surface area (Å²) >= 11 is 0. The Morgan fingerprint density at radius 1 is 0.981 bits per heavy atom. The van der Waals surface area contributed by atoms with Crippen molar-refractivity contribution in [2.75, 3.05) is 26.2 Å². The van der Waals surface area contributed by atoms with Gasteiger partial charge in [-0.2, -0.15) is 4.31 Å². The van der Waals surface area contributed by atoms with Crippen LogP contribution in [0.2, 0.25) is 0 Å². The van der Waals surface area contributed by atoms with Crippen molar-refractivity contribution < 1.29 is 28.3 Å². The van der Waals surface area contributed by atoms with E-state index < -0.39 is 39.5 Å². The highest BCUT2D eigenvalue weighted by molar-refractivity contribution is 7.89. The van der Waals surface area contributed by atoms with E-state index in [1.807, 2.05) is 95.3 Å². The molecule has 12 nitrogen and oxygen atoms in total. The fourth-order valence-electron chi connectivity index (χ4n) is 6.79. The van der Waals surface area contributed by atoms with Gasteiger partial charge in [0.05, 0.1) is 28.8 Å². The lowest BCUT2D eigenvalue weighted by Crippen LogP contribution is -2.59. The largest absolute Gasteiger partial charge is 0.411 e. The third-order valence-electron chi connectivity index (χ3n) is 9.33. The lowest BCUT2D eigenvalue weighted by atomic mass is 9.84. The fraction of sp³-hybridized carbons (Fsp3) is 0.400. The topological polar surface area (TPSA) is 156 Å². The molecule has 1 aliphatic rings. The summed E-state index contributed by atoms with van der Waals surface area (Å²) in [6, 6.07) is 23.1. The Hall–Kier alpha value is -4.85. The first-order chi connectivity index (χ1) is 25.2. The number of benzene rings is 3. The van der Waals surface area contributed by atoms with Gasteiger partial charge in [0.2, 0.25) is 15.9 Å². The monoisotopic (exact) mass is 742 g/mol. The van der Waals surface area contributed by atoms with E-state index in [1.165, 1.54) is 34.8 Å². The van der Waals surface area contributed by atoms with Crippen LogP contribution >= 0.6 is 0 Å². The number of aliphatic hydroxyl groups is 1. The number of rotatable bonds is 15. The first-order valence-electron chi connectivity index (χ1n) is 17.9. The zero-order chi connectivity index (χ0) is 38.3. The number of amides is 3. The molecule has 0 aliphatic carbocycles. The molecule has 0 unspecified atom stereocenters. The van der Waals surface area contributed by atoms with Crippen molar-refractivity contribution in [2.24, 2.45) is 16.5 Å². The minimum atomic E-state index is -4.07. The molecule has 5 rings (SSSR count). The molecule has 3 aromatic carbocycles. The first kappa shape index (κ1) is 39.4. The normalized spacial score (nSPS) is 15.8. The highest BCUT2D eigenvalue weighted by atomic mass is 32.2. The molecule has 3 atom stereocenters. The van der Waals surface area contributed by atoms with E-state index in [0.29, 0.717) is 25.2 Å². The number of nitrogens with one attached hydrogen (secondary N) is 1. The number of aliphatic hydroxyl groups excluding tert-OH is 1. The van der Waals surface area contributed by atoms with E-state index in [1.54, 1.807) is 16.0 Å². The van der Waals surface area contributed by atoms with E-state index in [4.69, 9.17) is 5.21 Å². The van der Waals surface area contributed by atoms with Crippen LogP contribution in [0.5, 0.6) is 0 Å². The molecule has 1 fully saturated rings. The number of oxime groups is 1. The number of carbonyl (C=O) groups is 2. The Morgan fingerprint density at radius 2 is 1.70 bits per heavy atom. The zero-order valence-electron chi connectivity index (χ0n) is 31.0. The van der Waals surface area contributed by atoms with E-state index in [9.17, 15) is 23.1 Å². The van der Waals surface area contributed by atoms with Gasteiger partial charge in [-0.25, -0.2) is 13.2 Å². The molecule has 13 heteroatoms. The summed E-state index contributed by atoms with van der Waals surface area (Å²) in [4.78, 5) is 36.1. The average molecular weight is 743 g/mol. The van der Waals surface area contributed by atoms with Crippen molar-refractivity contribution in [1.82, 2.24) is 24.4 Å². The maximum Gasteiger partial charge on any atom is 0.321 e. The van der Waals surface area contributed by atoms with Crippen LogP contribution in [0.4, 0.5) is 4.79 Å². The third kappa shape index (κ3) is 9.78. The first-order valence-corrected chi connectivity index (χ1v) is 19.3. The van der Waals surface area contributed by atoms with Crippen molar-refractivity contribution in [1.29, 1.82) is 0 Å². The van der Waals surface area contributed by atoms with Crippen molar-refractivity contribution >= 4 is 39.1 Å². The van der Waals surface area contributed by atoms with Crippen LogP contribution in [0.15, 0.2) is 101 Å². The SMILES string of the molecule is CC(C)CN(C[C@@H](O)[C@H](Cc1ccccc1)NC(=O)[C@@H](N1CCN(Cc2ccc3cccnc3c2)C1=O)C(C)(C)C)S(=O)(=O)c1ccc(C=NO)cc1. The van der Waals surface area contributed by atoms with Crippen LogP contribution in [-0.2, 0) is 27.8 Å². The Bertz CT molecular complexity index is 2000. The minimum absolute atomic E-state index is 0.0222. The second kappa shape index (κ2) is 16.9. The molecule has 0 bridgehead atoms. The van der Waals surface area contributed by atoms with E-state index in [0.717, 1.165) is 22.0 Å². The summed E-state index contributed by atoms with van der Waals surface area (Å²) in [5.74, 6) is -0.498. The van der Waals surface area contributed by atoms with Crippen molar-refractivity contribution in [3.63, 3.8) is 0 Å². The average Bonchev–Trinajstić information content (AvgIpc) is 3.45. The lowest BCUT2D eigenvalue weighted by Gasteiger charge is -2.38. The smallest absolute Gasteiger partial charge is 0.321 e. The van der Waals surface area contributed by atoms with Crippen molar-refractivity contribution in [3.05, 3.63) is 108 Å². The van der Waals surface area contributed by atoms with Crippen molar-refractivity contribution in [3.8, 4) is 0 Å². The van der Waals surface area contributed by atoms with E-state index in [-0.39, 0.29) is 36.4 Å². The second-order valence-corrected chi connectivity index (χ2v) is 17.0. The lowest BCUT2D eigenvalue weighted by molar-refractivity contribution is -0.130. The van der Waals surface area contributed by atoms with Gasteiger partial charge in [-0.3, -0.25) is 9.78 Å². The van der Waals surface area contributed by atoms with Crippen LogP contribution in [0.3, 0.4) is 0 Å². The molecule has 4 aromatic rings. The molecule has 53 heavy (non-hydrogen) atoms. The Labute approximate surface area is 312 Å². The summed E-state index contributed by atoms with van der Waals surface area (Å²) in [6.45, 7) is 10.5. The molecule has 282 valence electrons. The standard InChI is InChI=1S/C40H50N6O6S/c1-28(2)25-45(53(51,52)33-17-14-30(15-18-33)24-42-50)27-36(47)35(22-29-10-7-6-8-11-29)43-38(48)37(40(3,4)5)46-21-20-44(39(46)49)26-31-13-16-32-12-9-19-41-34(32)23-31/h6-19,23-24,28,35-37,47,50H,20-22,25-27H2,1-5H3,(H,43,48)/t35-,36+,37+/m0/s1. The van der Waals surface area contributed by atoms with Gasteiger partial charge in [0.15, 0.2) is 0 Å². The zero-order valence-corrected chi connectivity index (χ0v) is 31.8. The van der Waals surface area contributed by atoms with Gasteiger partial charge in [0.1, 0.15) is 6.04 Å². The molecule has 0 spiro atoms. The van der Waals surface area contributed by atoms with Crippen LogP contribution in [0, 0.1) is 11.3 Å². The summed E-state index contributed by atoms with van der Waals surface area (Å²) in [5, 5.41) is 27.8. The van der Waals surface area contributed by atoms with Gasteiger partial charge >= 0.3 is 6.03 Å². The predicted molar refractivity (Wildman–Crippen MR) is 205 cm³/mol. The van der Waals surface area contributed by atoms with Gasteiger partial charge in [0, 0.05) is 44.3 Å². The maximum atomic E-state index is 14.4. The Morgan fingerprint density at radius 3 is 2.36 bits per heavy atom. The van der Waals surface area contributed by atoms with Crippen LogP contribution in [0.1, 0.15) is 51.3 Å². The molecule has 1 aliphatic heterocycles. The summed E-state index contributed by atoms with van der Waals surface area (Å²) in [5.41, 5.74) is 2.47.